The molecule has 0 saturated carbocycles. The molecule has 0 amide bonds. The van der Waals surface area contributed by atoms with Gasteiger partial charge in [0.25, 0.3) is 0 Å². The maximum atomic E-state index is 5.05. The second kappa shape index (κ2) is 12.1. The Hall–Kier alpha value is -6.51. The van der Waals surface area contributed by atoms with Crippen LogP contribution in [0.4, 0.5) is 0 Å². The average molecular weight is 651 g/mol. The van der Waals surface area contributed by atoms with Gasteiger partial charge in [-0.15, -0.1) is 0 Å². The van der Waals surface area contributed by atoms with Crippen molar-refractivity contribution in [3.8, 4) is 50.5 Å². The summed E-state index contributed by atoms with van der Waals surface area (Å²) in [4.78, 5) is 5.05. The number of nitrogens with zero attached hydrogens (tertiary/aromatic N) is 2. The van der Waals surface area contributed by atoms with Crippen LogP contribution >= 0.6 is 0 Å². The molecule has 2 heteroatoms. The highest BCUT2D eigenvalue weighted by Gasteiger charge is 2.19. The molecule has 1 aliphatic rings. The Morgan fingerprint density at radius 2 is 1.08 bits per heavy atom. The van der Waals surface area contributed by atoms with E-state index in [1.807, 2.05) is 6.07 Å². The van der Waals surface area contributed by atoms with Gasteiger partial charge in [-0.05, 0) is 109 Å². The van der Waals surface area contributed by atoms with Crippen LogP contribution < -0.4 is 0 Å². The second-order valence-corrected chi connectivity index (χ2v) is 13.4. The quantitative estimate of drug-likeness (QED) is 0.170. The van der Waals surface area contributed by atoms with Crippen LogP contribution in [-0.2, 0) is 6.42 Å². The fourth-order valence-corrected chi connectivity index (χ4v) is 8.05. The lowest BCUT2D eigenvalue weighted by Gasteiger charge is -2.20. The fourth-order valence-electron chi connectivity index (χ4n) is 8.05. The zero-order valence-corrected chi connectivity index (χ0v) is 28.1. The Morgan fingerprint density at radius 1 is 0.451 bits per heavy atom. The Kier molecular flexibility index (Phi) is 6.99. The molecule has 1 aliphatic carbocycles. The van der Waals surface area contributed by atoms with Gasteiger partial charge in [0.15, 0.2) is 0 Å². The zero-order chi connectivity index (χ0) is 33.7. The molecule has 8 aromatic carbocycles. The van der Waals surface area contributed by atoms with E-state index in [1.54, 1.807) is 0 Å². The first-order valence-electron chi connectivity index (χ1n) is 17.8. The standard InChI is InChI=1S/C49H34N2/c1-3-14-35(15-4-1)47-41-19-9-10-20-42(41)48(39-24-23-33-13-7-8-18-37(33)31-39)43-30-27-38(32-44(43)47)34-25-28-40(29-26-34)51-46-22-12-11-21-45(46)50-49(51)36-16-5-2-6-17-36/h1-7,9-17,19-32H,8,18H2. The Bertz CT molecular complexity index is 2770. The highest BCUT2D eigenvalue weighted by atomic mass is 15.1. The van der Waals surface area contributed by atoms with Crippen LogP contribution in [0.3, 0.4) is 0 Å². The maximum Gasteiger partial charge on any atom is 0.145 e. The topological polar surface area (TPSA) is 17.8 Å². The van der Waals surface area contributed by atoms with Crippen LogP contribution in [0.15, 0.2) is 176 Å². The van der Waals surface area contributed by atoms with Gasteiger partial charge in [0.1, 0.15) is 5.82 Å². The summed E-state index contributed by atoms with van der Waals surface area (Å²) in [5.74, 6) is 0.945. The number of allylic oxidation sites excluding steroid dienone is 1. The van der Waals surface area contributed by atoms with E-state index in [1.165, 1.54) is 66.1 Å². The van der Waals surface area contributed by atoms with Crippen molar-refractivity contribution in [2.45, 2.75) is 12.8 Å². The van der Waals surface area contributed by atoms with Gasteiger partial charge in [-0.2, -0.15) is 0 Å². The molecule has 0 spiro atoms. The van der Waals surface area contributed by atoms with E-state index in [0.717, 1.165) is 41.0 Å². The molecule has 1 aromatic heterocycles. The number of hydrogen-bond acceptors (Lipinski definition) is 1. The number of aryl methyl sites for hydroxylation is 1. The van der Waals surface area contributed by atoms with Crippen LogP contribution in [0.5, 0.6) is 0 Å². The van der Waals surface area contributed by atoms with Gasteiger partial charge in [-0.25, -0.2) is 4.98 Å². The molecular weight excluding hydrogens is 617 g/mol. The molecule has 0 unspecified atom stereocenters. The number of para-hydroxylation sites is 2. The summed E-state index contributed by atoms with van der Waals surface area (Å²) in [5, 5.41) is 5.10. The van der Waals surface area contributed by atoms with Crippen molar-refractivity contribution in [1.29, 1.82) is 0 Å². The largest absolute Gasteiger partial charge is 0.292 e. The normalized spacial score (nSPS) is 12.5. The molecule has 0 bridgehead atoms. The van der Waals surface area contributed by atoms with E-state index in [9.17, 15) is 0 Å². The molecule has 1 heterocycles. The Labute approximate surface area is 297 Å². The summed E-state index contributed by atoms with van der Waals surface area (Å²) < 4.78 is 2.27. The number of rotatable bonds is 5. The average Bonchev–Trinajstić information content (AvgIpc) is 3.60. The summed E-state index contributed by atoms with van der Waals surface area (Å²) in [6.07, 6.45) is 6.74. The molecule has 240 valence electrons. The lowest BCUT2D eigenvalue weighted by Crippen LogP contribution is -1.97. The molecule has 0 N–H and O–H groups in total. The van der Waals surface area contributed by atoms with Crippen LogP contribution in [0, 0.1) is 0 Å². The van der Waals surface area contributed by atoms with E-state index >= 15 is 0 Å². The second-order valence-electron chi connectivity index (χ2n) is 13.4. The molecular formula is C49H34N2. The maximum absolute atomic E-state index is 5.05. The number of fused-ring (bicyclic) bond motifs is 4. The molecule has 0 atom stereocenters. The first kappa shape index (κ1) is 29.4. The number of imidazole rings is 1. The molecule has 10 rings (SSSR count). The summed E-state index contributed by atoms with van der Waals surface area (Å²) in [6, 6.07) is 61.7. The van der Waals surface area contributed by atoms with Gasteiger partial charge in [0, 0.05) is 11.3 Å². The van der Waals surface area contributed by atoms with Gasteiger partial charge in [-0.3, -0.25) is 4.57 Å². The number of aromatic nitrogens is 2. The minimum atomic E-state index is 0.945. The van der Waals surface area contributed by atoms with E-state index in [4.69, 9.17) is 4.98 Å². The van der Waals surface area contributed by atoms with Crippen LogP contribution in [-0.4, -0.2) is 9.55 Å². The van der Waals surface area contributed by atoms with Crippen molar-refractivity contribution in [3.63, 3.8) is 0 Å². The summed E-state index contributed by atoms with van der Waals surface area (Å²) in [6.45, 7) is 0. The number of benzene rings is 8. The van der Waals surface area contributed by atoms with Gasteiger partial charge >= 0.3 is 0 Å². The van der Waals surface area contributed by atoms with Crippen molar-refractivity contribution < 1.29 is 0 Å². The third-order valence-electron chi connectivity index (χ3n) is 10.4. The zero-order valence-electron chi connectivity index (χ0n) is 28.1. The van der Waals surface area contributed by atoms with E-state index < -0.39 is 0 Å². The van der Waals surface area contributed by atoms with Gasteiger partial charge in [0.05, 0.1) is 11.0 Å². The molecule has 0 aliphatic heterocycles. The Morgan fingerprint density at radius 3 is 1.86 bits per heavy atom. The van der Waals surface area contributed by atoms with Gasteiger partial charge in [0.2, 0.25) is 0 Å². The predicted octanol–water partition coefficient (Wildman–Crippen LogP) is 13.0. The molecule has 0 radical (unpaired) electrons. The lowest BCUT2D eigenvalue weighted by molar-refractivity contribution is 0.986. The molecule has 0 saturated heterocycles. The molecule has 9 aromatic rings. The summed E-state index contributed by atoms with van der Waals surface area (Å²) in [7, 11) is 0. The number of hydrogen-bond donors (Lipinski definition) is 0. The first-order chi connectivity index (χ1) is 25.3. The Balaban J connectivity index is 1.17. The highest BCUT2D eigenvalue weighted by Crippen LogP contribution is 2.45. The van der Waals surface area contributed by atoms with E-state index in [2.05, 4.69) is 181 Å². The highest BCUT2D eigenvalue weighted by molar-refractivity contribution is 6.22. The lowest BCUT2D eigenvalue weighted by atomic mass is 9.84. The van der Waals surface area contributed by atoms with Crippen LogP contribution in [0.2, 0.25) is 0 Å². The monoisotopic (exact) mass is 650 g/mol. The first-order valence-corrected chi connectivity index (χ1v) is 17.8. The van der Waals surface area contributed by atoms with Crippen molar-refractivity contribution in [1.82, 2.24) is 9.55 Å². The molecule has 51 heavy (non-hydrogen) atoms. The summed E-state index contributed by atoms with van der Waals surface area (Å²) in [5.41, 5.74) is 14.5. The minimum Gasteiger partial charge on any atom is -0.292 e. The minimum absolute atomic E-state index is 0.945. The van der Waals surface area contributed by atoms with Crippen molar-refractivity contribution in [3.05, 3.63) is 187 Å². The van der Waals surface area contributed by atoms with Crippen LogP contribution in [0.1, 0.15) is 17.5 Å². The smallest absolute Gasteiger partial charge is 0.145 e. The van der Waals surface area contributed by atoms with Crippen molar-refractivity contribution in [2.75, 3.05) is 0 Å². The van der Waals surface area contributed by atoms with Gasteiger partial charge in [-0.1, -0.05) is 152 Å². The summed E-state index contributed by atoms with van der Waals surface area (Å²) >= 11 is 0. The van der Waals surface area contributed by atoms with Crippen LogP contribution in [0.25, 0.3) is 89.1 Å². The fraction of sp³-hybridized carbons (Fsp3) is 0.0408. The van der Waals surface area contributed by atoms with Crippen molar-refractivity contribution in [2.24, 2.45) is 0 Å². The molecule has 2 nitrogen and oxygen atoms in total. The van der Waals surface area contributed by atoms with Gasteiger partial charge < -0.3 is 0 Å². The van der Waals surface area contributed by atoms with E-state index in [0.29, 0.717) is 0 Å². The van der Waals surface area contributed by atoms with Crippen molar-refractivity contribution >= 4 is 38.7 Å². The van der Waals surface area contributed by atoms with E-state index in [-0.39, 0.29) is 0 Å². The predicted molar refractivity (Wildman–Crippen MR) is 215 cm³/mol. The third-order valence-corrected chi connectivity index (χ3v) is 10.4. The SMILES string of the molecule is C1=Cc2ccc(-c3c4ccccc4c(-c4ccccc4)c4cc(-c5ccc(-n6c(-c7ccccc7)nc7ccccc76)cc5)ccc34)cc2CC1. The third kappa shape index (κ3) is 4.99. The molecule has 0 fully saturated rings.